The van der Waals surface area contributed by atoms with Crippen LogP contribution in [0.4, 0.5) is 18.9 Å². The van der Waals surface area contributed by atoms with E-state index in [1.807, 2.05) is 0 Å². The molecule has 0 saturated heterocycles. The summed E-state index contributed by atoms with van der Waals surface area (Å²) in [5.74, 6) is 0.391. The monoisotopic (exact) mass is 488 g/mol. The van der Waals surface area contributed by atoms with Gasteiger partial charge >= 0.3 is 12.2 Å². The molecule has 3 aromatic rings. The summed E-state index contributed by atoms with van der Waals surface area (Å²) < 4.78 is 46.5. The van der Waals surface area contributed by atoms with Crippen LogP contribution in [0, 0.1) is 11.3 Å². The van der Waals surface area contributed by atoms with E-state index in [0.717, 1.165) is 18.6 Å². The van der Waals surface area contributed by atoms with Crippen molar-refractivity contribution in [2.45, 2.75) is 53.6 Å². The average molecular weight is 489 g/mol. The number of alkyl halides is 3. The molecule has 1 heterocycles. The molecule has 0 radical (unpaired) electrons. The number of hydrogen-bond acceptors (Lipinski definition) is 4. The summed E-state index contributed by atoms with van der Waals surface area (Å²) in [6, 6.07) is 11.8. The molecular formula is C26H31F3N4O2. The topological polar surface area (TPSA) is 69.0 Å². The lowest BCUT2D eigenvalue weighted by molar-refractivity contribution is -0.137. The van der Waals surface area contributed by atoms with Crippen LogP contribution in [0.1, 0.15) is 53.0 Å². The molecule has 1 amide bonds. The van der Waals surface area contributed by atoms with Crippen LogP contribution in [0.2, 0.25) is 0 Å². The molecule has 9 heteroatoms. The highest BCUT2D eigenvalue weighted by molar-refractivity contribution is 5.90. The van der Waals surface area contributed by atoms with Gasteiger partial charge in [0.2, 0.25) is 5.91 Å². The molecular weight excluding hydrogens is 457 g/mol. The van der Waals surface area contributed by atoms with Gasteiger partial charge in [-0.15, -0.1) is 5.10 Å². The molecule has 0 aliphatic heterocycles. The standard InChI is InChI=1S/C26H31F3N4O2/c1-6-35-24-31-23(18-8-7-9-19(15-18)26(27,28)29)33(32-24)21-12-10-20(11-13-21)30-22(34)14-17(2)16-25(3,4)5/h7-13,15,17H,6,14,16H2,1-5H3,(H,30,34). The van der Waals surface area contributed by atoms with Crippen LogP contribution < -0.4 is 10.1 Å². The van der Waals surface area contributed by atoms with Gasteiger partial charge in [0.25, 0.3) is 0 Å². The highest BCUT2D eigenvalue weighted by atomic mass is 19.4. The molecule has 0 bridgehead atoms. The average Bonchev–Trinajstić information content (AvgIpc) is 3.16. The van der Waals surface area contributed by atoms with Gasteiger partial charge in [0.05, 0.1) is 17.9 Å². The van der Waals surface area contributed by atoms with E-state index < -0.39 is 11.7 Å². The molecule has 1 unspecified atom stereocenters. The van der Waals surface area contributed by atoms with E-state index in [1.54, 1.807) is 37.3 Å². The Morgan fingerprint density at radius 2 is 1.80 bits per heavy atom. The van der Waals surface area contributed by atoms with Crippen molar-refractivity contribution in [3.63, 3.8) is 0 Å². The van der Waals surface area contributed by atoms with Crippen LogP contribution in [0.15, 0.2) is 48.5 Å². The Morgan fingerprint density at radius 3 is 2.40 bits per heavy atom. The SMILES string of the molecule is CCOc1nc(-c2cccc(C(F)(F)F)c2)n(-c2ccc(NC(=O)CC(C)CC(C)(C)C)cc2)n1. The van der Waals surface area contributed by atoms with E-state index in [4.69, 9.17) is 4.74 Å². The molecule has 0 saturated carbocycles. The third kappa shape index (κ3) is 7.31. The van der Waals surface area contributed by atoms with Gasteiger partial charge in [-0.25, -0.2) is 4.68 Å². The van der Waals surface area contributed by atoms with Crippen LogP contribution in [0.25, 0.3) is 17.1 Å². The summed E-state index contributed by atoms with van der Waals surface area (Å²) in [6.45, 7) is 10.6. The van der Waals surface area contributed by atoms with Crippen molar-refractivity contribution >= 4 is 11.6 Å². The maximum atomic E-state index is 13.2. The van der Waals surface area contributed by atoms with Crippen molar-refractivity contribution in [2.24, 2.45) is 11.3 Å². The molecule has 0 aliphatic carbocycles. The molecule has 0 aliphatic rings. The normalized spacial score (nSPS) is 12.9. The highest BCUT2D eigenvalue weighted by Gasteiger charge is 2.31. The number of nitrogens with one attached hydrogen (secondary N) is 1. The molecule has 1 atom stereocenters. The molecule has 1 N–H and O–H groups in total. The van der Waals surface area contributed by atoms with E-state index in [0.29, 0.717) is 24.4 Å². The van der Waals surface area contributed by atoms with Crippen LogP contribution in [-0.4, -0.2) is 27.3 Å². The number of hydrogen-bond donors (Lipinski definition) is 1. The Hall–Kier alpha value is -3.36. The predicted octanol–water partition coefficient (Wildman–Crippen LogP) is 6.75. The van der Waals surface area contributed by atoms with Gasteiger partial charge in [0.15, 0.2) is 5.82 Å². The van der Waals surface area contributed by atoms with Gasteiger partial charge < -0.3 is 10.1 Å². The van der Waals surface area contributed by atoms with Crippen molar-refractivity contribution in [3.05, 3.63) is 54.1 Å². The minimum absolute atomic E-state index is 0.0603. The number of carbonyl (C=O) groups is 1. The zero-order valence-corrected chi connectivity index (χ0v) is 20.6. The maximum absolute atomic E-state index is 13.2. The Balaban J connectivity index is 1.83. The fraction of sp³-hybridized carbons (Fsp3) is 0.423. The van der Waals surface area contributed by atoms with Crippen molar-refractivity contribution in [2.75, 3.05) is 11.9 Å². The summed E-state index contributed by atoms with van der Waals surface area (Å²) in [6.07, 6.45) is -3.13. The van der Waals surface area contributed by atoms with Crippen LogP contribution in [0.5, 0.6) is 6.01 Å². The second-order valence-electron chi connectivity index (χ2n) is 9.81. The molecule has 2 aromatic carbocycles. The zero-order chi connectivity index (χ0) is 25.8. The van der Waals surface area contributed by atoms with E-state index in [9.17, 15) is 18.0 Å². The first-order valence-corrected chi connectivity index (χ1v) is 11.5. The van der Waals surface area contributed by atoms with Crippen LogP contribution >= 0.6 is 0 Å². The highest BCUT2D eigenvalue weighted by Crippen LogP contribution is 2.33. The lowest BCUT2D eigenvalue weighted by atomic mass is 9.84. The van der Waals surface area contributed by atoms with Gasteiger partial charge in [0, 0.05) is 17.7 Å². The van der Waals surface area contributed by atoms with E-state index >= 15 is 0 Å². The van der Waals surface area contributed by atoms with Crippen molar-refractivity contribution < 1.29 is 22.7 Å². The first-order chi connectivity index (χ1) is 16.4. The van der Waals surface area contributed by atoms with Crippen LogP contribution in [-0.2, 0) is 11.0 Å². The first kappa shape index (κ1) is 26.2. The van der Waals surface area contributed by atoms with E-state index in [1.165, 1.54) is 10.7 Å². The number of halogens is 3. The molecule has 0 fully saturated rings. The Labute approximate surface area is 203 Å². The number of benzene rings is 2. The number of amides is 1. The lowest BCUT2D eigenvalue weighted by Gasteiger charge is -2.22. The third-order valence-electron chi connectivity index (χ3n) is 5.20. The third-order valence-corrected chi connectivity index (χ3v) is 5.20. The van der Waals surface area contributed by atoms with Gasteiger partial charge in [0.1, 0.15) is 0 Å². The predicted molar refractivity (Wildman–Crippen MR) is 129 cm³/mol. The summed E-state index contributed by atoms with van der Waals surface area (Å²) in [5, 5.41) is 7.22. The largest absolute Gasteiger partial charge is 0.463 e. The Kier molecular flexibility index (Phi) is 7.87. The molecule has 188 valence electrons. The van der Waals surface area contributed by atoms with E-state index in [-0.39, 0.29) is 34.6 Å². The first-order valence-electron chi connectivity index (χ1n) is 11.5. The maximum Gasteiger partial charge on any atom is 0.416 e. The summed E-state index contributed by atoms with van der Waals surface area (Å²) in [4.78, 5) is 16.7. The summed E-state index contributed by atoms with van der Waals surface area (Å²) in [5.41, 5.74) is 0.809. The van der Waals surface area contributed by atoms with Crippen LogP contribution in [0.3, 0.4) is 0 Å². The molecule has 1 aromatic heterocycles. The minimum Gasteiger partial charge on any atom is -0.463 e. The number of aromatic nitrogens is 3. The molecule has 6 nitrogen and oxygen atoms in total. The quantitative estimate of drug-likeness (QED) is 0.381. The lowest BCUT2D eigenvalue weighted by Crippen LogP contribution is -2.18. The molecule has 0 spiro atoms. The summed E-state index contributed by atoms with van der Waals surface area (Å²) >= 11 is 0. The van der Waals surface area contributed by atoms with Gasteiger partial charge in [-0.3, -0.25) is 4.79 Å². The zero-order valence-electron chi connectivity index (χ0n) is 20.6. The van der Waals surface area contributed by atoms with Crippen molar-refractivity contribution in [3.8, 4) is 23.1 Å². The number of anilines is 1. The number of ether oxygens (including phenoxy) is 1. The van der Waals surface area contributed by atoms with Gasteiger partial charge in [-0.2, -0.15) is 18.2 Å². The second-order valence-corrected chi connectivity index (χ2v) is 9.81. The Bertz CT molecular complexity index is 1150. The van der Waals surface area contributed by atoms with Gasteiger partial charge in [-0.05, 0) is 61.1 Å². The van der Waals surface area contributed by atoms with Crippen molar-refractivity contribution in [1.82, 2.24) is 14.8 Å². The van der Waals surface area contributed by atoms with E-state index in [2.05, 4.69) is 43.1 Å². The number of rotatable bonds is 8. The van der Waals surface area contributed by atoms with Gasteiger partial charge in [-0.1, -0.05) is 39.8 Å². The molecule has 3 rings (SSSR count). The number of carbonyl (C=O) groups excluding carboxylic acids is 1. The fourth-order valence-corrected chi connectivity index (χ4v) is 4.02. The minimum atomic E-state index is -4.48. The number of nitrogens with zero attached hydrogens (tertiary/aromatic N) is 3. The van der Waals surface area contributed by atoms with Crippen molar-refractivity contribution in [1.29, 1.82) is 0 Å². The molecule has 35 heavy (non-hydrogen) atoms. The Morgan fingerprint density at radius 1 is 1.11 bits per heavy atom. The second kappa shape index (κ2) is 10.5. The fourth-order valence-electron chi connectivity index (χ4n) is 4.02. The summed E-state index contributed by atoms with van der Waals surface area (Å²) in [7, 11) is 0. The smallest absolute Gasteiger partial charge is 0.416 e.